The molecule has 0 aliphatic rings. The van der Waals surface area contributed by atoms with Crippen LogP contribution in [0.4, 0.5) is 0 Å². The number of carbonyl (C=O) groups excluding carboxylic acids is 1. The van der Waals surface area contributed by atoms with Gasteiger partial charge in [0.2, 0.25) is 0 Å². The summed E-state index contributed by atoms with van der Waals surface area (Å²) < 4.78 is 7.44. The van der Waals surface area contributed by atoms with E-state index in [9.17, 15) is 4.79 Å². The van der Waals surface area contributed by atoms with Gasteiger partial charge in [0.05, 0.1) is 18.1 Å². The number of hydrogen-bond acceptors (Lipinski definition) is 6. The van der Waals surface area contributed by atoms with E-state index in [4.69, 9.17) is 16.0 Å². The highest BCUT2D eigenvalue weighted by molar-refractivity contribution is 8.00. The maximum absolute atomic E-state index is 12.8. The number of halogens is 1. The summed E-state index contributed by atoms with van der Waals surface area (Å²) in [5.74, 6) is 1.44. The van der Waals surface area contributed by atoms with E-state index in [2.05, 4.69) is 15.2 Å². The van der Waals surface area contributed by atoms with Crippen LogP contribution in [0.1, 0.15) is 23.0 Å². The molecule has 0 bridgehead atoms. The largest absolute Gasteiger partial charge is 0.467 e. The van der Waals surface area contributed by atoms with E-state index in [1.165, 1.54) is 11.8 Å². The molecule has 1 atom stereocenters. The molecule has 8 heteroatoms. The van der Waals surface area contributed by atoms with Crippen LogP contribution in [0.2, 0.25) is 5.02 Å². The molecule has 3 aromatic heterocycles. The van der Waals surface area contributed by atoms with Crippen LogP contribution in [0, 0.1) is 0 Å². The van der Waals surface area contributed by atoms with Crippen LogP contribution >= 0.6 is 23.4 Å². The summed E-state index contributed by atoms with van der Waals surface area (Å²) in [6, 6.07) is 14.4. The SMILES string of the molecule is CC(Sc1nnc(-c2cccnc2)n1Cc1ccco1)C(=O)c1ccc(Cl)cc1. The maximum atomic E-state index is 12.8. The lowest BCUT2D eigenvalue weighted by Crippen LogP contribution is -2.15. The van der Waals surface area contributed by atoms with Gasteiger partial charge in [-0.2, -0.15) is 0 Å². The molecular formula is C21H17ClN4O2S. The monoisotopic (exact) mass is 424 g/mol. The number of pyridine rings is 1. The maximum Gasteiger partial charge on any atom is 0.192 e. The molecule has 1 aromatic carbocycles. The number of nitrogens with zero attached hydrogens (tertiary/aromatic N) is 4. The Hall–Kier alpha value is -2.90. The zero-order chi connectivity index (χ0) is 20.2. The first-order valence-corrected chi connectivity index (χ1v) is 10.2. The third-order valence-electron chi connectivity index (χ3n) is 4.31. The first-order valence-electron chi connectivity index (χ1n) is 8.94. The summed E-state index contributed by atoms with van der Waals surface area (Å²) in [5, 5.41) is 9.56. The van der Waals surface area contributed by atoms with E-state index in [0.717, 1.165) is 11.3 Å². The van der Waals surface area contributed by atoms with Crippen molar-refractivity contribution in [2.75, 3.05) is 0 Å². The van der Waals surface area contributed by atoms with Crippen LogP contribution in [-0.2, 0) is 6.54 Å². The summed E-state index contributed by atoms with van der Waals surface area (Å²) in [4.78, 5) is 17.0. The highest BCUT2D eigenvalue weighted by Gasteiger charge is 2.22. The number of furan rings is 1. The summed E-state index contributed by atoms with van der Waals surface area (Å²) in [5.41, 5.74) is 1.45. The molecule has 3 heterocycles. The standard InChI is InChI=1S/C21H17ClN4O2S/c1-14(19(27)15-6-8-17(22)9-7-15)29-21-25-24-20(16-4-2-10-23-12-16)26(21)13-18-5-3-11-28-18/h2-12,14H,13H2,1H3. The fourth-order valence-corrected chi connectivity index (χ4v) is 3.90. The number of aromatic nitrogens is 4. The van der Waals surface area contributed by atoms with Crippen molar-refractivity contribution in [3.05, 3.63) is 83.5 Å². The Morgan fingerprint density at radius 2 is 2.00 bits per heavy atom. The zero-order valence-corrected chi connectivity index (χ0v) is 17.1. The van der Waals surface area contributed by atoms with Gasteiger partial charge in [-0.15, -0.1) is 10.2 Å². The van der Waals surface area contributed by atoms with Crippen LogP contribution in [-0.4, -0.2) is 30.8 Å². The number of ketones is 1. The van der Waals surface area contributed by atoms with Gasteiger partial charge in [0, 0.05) is 28.5 Å². The third kappa shape index (κ3) is 4.41. The second kappa shape index (κ2) is 8.63. The molecule has 0 aliphatic heterocycles. The molecule has 0 spiro atoms. The molecule has 146 valence electrons. The minimum Gasteiger partial charge on any atom is -0.467 e. The predicted octanol–water partition coefficient (Wildman–Crippen LogP) is 5.00. The number of Topliss-reactive ketones (excluding diaryl/α,β-unsaturated/α-hetero) is 1. The van der Waals surface area contributed by atoms with Crippen molar-refractivity contribution in [2.45, 2.75) is 23.9 Å². The van der Waals surface area contributed by atoms with Gasteiger partial charge < -0.3 is 4.42 Å². The van der Waals surface area contributed by atoms with E-state index in [1.54, 1.807) is 42.9 Å². The average molecular weight is 425 g/mol. The van der Waals surface area contributed by atoms with Gasteiger partial charge in [-0.05, 0) is 55.5 Å². The van der Waals surface area contributed by atoms with Gasteiger partial charge in [-0.25, -0.2) is 0 Å². The smallest absolute Gasteiger partial charge is 0.192 e. The van der Waals surface area contributed by atoms with Crippen LogP contribution in [0.5, 0.6) is 0 Å². The summed E-state index contributed by atoms with van der Waals surface area (Å²) in [7, 11) is 0. The van der Waals surface area contributed by atoms with Gasteiger partial charge >= 0.3 is 0 Å². The molecule has 0 N–H and O–H groups in total. The van der Waals surface area contributed by atoms with Gasteiger partial charge in [-0.3, -0.25) is 14.3 Å². The molecular weight excluding hydrogens is 408 g/mol. The van der Waals surface area contributed by atoms with Crippen molar-refractivity contribution >= 4 is 29.1 Å². The van der Waals surface area contributed by atoms with Crippen molar-refractivity contribution in [3.8, 4) is 11.4 Å². The lowest BCUT2D eigenvalue weighted by atomic mass is 10.1. The van der Waals surface area contributed by atoms with Crippen molar-refractivity contribution in [1.29, 1.82) is 0 Å². The Balaban J connectivity index is 1.63. The first kappa shape index (κ1) is 19.4. The summed E-state index contributed by atoms with van der Waals surface area (Å²) >= 11 is 7.28. The van der Waals surface area contributed by atoms with E-state index in [0.29, 0.717) is 28.1 Å². The number of carbonyl (C=O) groups is 1. The molecule has 29 heavy (non-hydrogen) atoms. The molecule has 0 fully saturated rings. The highest BCUT2D eigenvalue weighted by atomic mass is 35.5. The van der Waals surface area contributed by atoms with Crippen molar-refractivity contribution in [3.63, 3.8) is 0 Å². The molecule has 0 radical (unpaired) electrons. The molecule has 4 rings (SSSR count). The normalized spacial score (nSPS) is 12.1. The van der Waals surface area contributed by atoms with Gasteiger partial charge in [0.1, 0.15) is 5.76 Å². The minimum atomic E-state index is -0.350. The third-order valence-corrected chi connectivity index (χ3v) is 5.64. The fourth-order valence-electron chi connectivity index (χ4n) is 2.85. The fraction of sp³-hybridized carbons (Fsp3) is 0.143. The Morgan fingerprint density at radius 1 is 1.17 bits per heavy atom. The van der Waals surface area contributed by atoms with Crippen LogP contribution in [0.3, 0.4) is 0 Å². The van der Waals surface area contributed by atoms with E-state index in [-0.39, 0.29) is 11.0 Å². The molecule has 4 aromatic rings. The number of thioether (sulfide) groups is 1. The first-order chi connectivity index (χ1) is 14.1. The molecule has 0 saturated heterocycles. The topological polar surface area (TPSA) is 73.8 Å². The Bertz CT molecular complexity index is 1100. The van der Waals surface area contributed by atoms with Gasteiger partial charge in [0.15, 0.2) is 16.8 Å². The Morgan fingerprint density at radius 3 is 2.69 bits per heavy atom. The average Bonchev–Trinajstić information content (AvgIpc) is 3.39. The summed E-state index contributed by atoms with van der Waals surface area (Å²) in [6.45, 7) is 2.31. The van der Waals surface area contributed by atoms with E-state index in [1.807, 2.05) is 35.8 Å². The molecule has 0 amide bonds. The molecule has 0 saturated carbocycles. The number of rotatable bonds is 7. The minimum absolute atomic E-state index is 0.00198. The highest BCUT2D eigenvalue weighted by Crippen LogP contribution is 2.29. The Labute approximate surface area is 176 Å². The van der Waals surface area contributed by atoms with E-state index < -0.39 is 0 Å². The second-order valence-electron chi connectivity index (χ2n) is 6.34. The second-order valence-corrected chi connectivity index (χ2v) is 8.09. The summed E-state index contributed by atoms with van der Waals surface area (Å²) in [6.07, 6.45) is 5.07. The lowest BCUT2D eigenvalue weighted by molar-refractivity contribution is 0.0994. The van der Waals surface area contributed by atoms with Crippen molar-refractivity contribution < 1.29 is 9.21 Å². The van der Waals surface area contributed by atoms with E-state index >= 15 is 0 Å². The zero-order valence-electron chi connectivity index (χ0n) is 15.5. The van der Waals surface area contributed by atoms with Crippen LogP contribution in [0.15, 0.2) is 76.8 Å². The molecule has 6 nitrogen and oxygen atoms in total. The van der Waals surface area contributed by atoms with Gasteiger partial charge in [0.25, 0.3) is 0 Å². The number of hydrogen-bond donors (Lipinski definition) is 0. The molecule has 0 aliphatic carbocycles. The predicted molar refractivity (Wildman–Crippen MR) is 112 cm³/mol. The Kier molecular flexibility index (Phi) is 5.78. The van der Waals surface area contributed by atoms with Crippen LogP contribution in [0.25, 0.3) is 11.4 Å². The van der Waals surface area contributed by atoms with Crippen LogP contribution < -0.4 is 0 Å². The number of benzene rings is 1. The lowest BCUT2D eigenvalue weighted by Gasteiger charge is -2.12. The van der Waals surface area contributed by atoms with Gasteiger partial charge in [-0.1, -0.05) is 23.4 Å². The van der Waals surface area contributed by atoms with Crippen molar-refractivity contribution in [1.82, 2.24) is 19.7 Å². The van der Waals surface area contributed by atoms with Crippen molar-refractivity contribution in [2.24, 2.45) is 0 Å². The molecule has 1 unspecified atom stereocenters. The quantitative estimate of drug-likeness (QED) is 0.307.